The Morgan fingerprint density at radius 1 is 1.38 bits per heavy atom. The Morgan fingerprint density at radius 3 is 2.71 bits per heavy atom. The monoisotopic (exact) mass is 287 g/mol. The molecule has 1 aliphatic heterocycles. The molecule has 2 aliphatic rings. The van der Waals surface area contributed by atoms with Crippen molar-refractivity contribution in [2.75, 3.05) is 4.90 Å². The van der Waals surface area contributed by atoms with E-state index in [0.717, 1.165) is 31.2 Å². The van der Waals surface area contributed by atoms with Gasteiger partial charge in [-0.2, -0.15) is 0 Å². The number of hydrogen-bond donors (Lipinski definition) is 1. The molecule has 5 heteroatoms. The number of carbonyl (C=O) groups is 2. The molecule has 112 valence electrons. The first-order chi connectivity index (χ1) is 10.0. The van der Waals surface area contributed by atoms with Crippen LogP contribution in [0.5, 0.6) is 0 Å². The van der Waals surface area contributed by atoms with Crippen LogP contribution in [0.3, 0.4) is 0 Å². The van der Waals surface area contributed by atoms with Gasteiger partial charge in [0.15, 0.2) is 0 Å². The average Bonchev–Trinajstić information content (AvgIpc) is 2.74. The summed E-state index contributed by atoms with van der Waals surface area (Å²) in [7, 11) is 0. The van der Waals surface area contributed by atoms with E-state index < -0.39 is 17.4 Å². The molecule has 2 N–H and O–H groups in total. The fourth-order valence-electron chi connectivity index (χ4n) is 3.74. The van der Waals surface area contributed by atoms with Gasteiger partial charge in [0.2, 0.25) is 11.8 Å². The molecule has 1 atom stereocenters. The number of nitrogens with two attached hydrogens (primary N) is 1. The normalized spacial score (nSPS) is 24.5. The van der Waals surface area contributed by atoms with Gasteiger partial charge in [-0.15, -0.1) is 0 Å². The summed E-state index contributed by atoms with van der Waals surface area (Å²) in [6.07, 6.45) is 7.19. The third-order valence-corrected chi connectivity index (χ3v) is 4.86. The fraction of sp³-hybridized carbons (Fsp3) is 0.562. The van der Waals surface area contributed by atoms with E-state index in [2.05, 4.69) is 4.98 Å². The van der Waals surface area contributed by atoms with Gasteiger partial charge in [0.1, 0.15) is 11.9 Å². The summed E-state index contributed by atoms with van der Waals surface area (Å²) < 4.78 is 0. The van der Waals surface area contributed by atoms with E-state index >= 15 is 0 Å². The van der Waals surface area contributed by atoms with E-state index in [1.165, 1.54) is 6.42 Å². The zero-order valence-corrected chi connectivity index (χ0v) is 12.3. The van der Waals surface area contributed by atoms with E-state index in [1.54, 1.807) is 11.1 Å². The van der Waals surface area contributed by atoms with E-state index in [9.17, 15) is 9.59 Å². The van der Waals surface area contributed by atoms with Crippen molar-refractivity contribution >= 4 is 17.6 Å². The number of pyridine rings is 1. The molecule has 1 saturated heterocycles. The number of anilines is 1. The van der Waals surface area contributed by atoms with E-state index in [-0.39, 0.29) is 5.91 Å². The highest BCUT2D eigenvalue weighted by Crippen LogP contribution is 2.48. The van der Waals surface area contributed by atoms with Crippen LogP contribution >= 0.6 is 0 Å². The maximum atomic E-state index is 13.0. The summed E-state index contributed by atoms with van der Waals surface area (Å²) >= 11 is 0. The van der Waals surface area contributed by atoms with Crippen molar-refractivity contribution in [1.82, 2.24) is 4.98 Å². The minimum absolute atomic E-state index is 0.0316. The molecule has 5 nitrogen and oxygen atoms in total. The highest BCUT2D eigenvalue weighted by Gasteiger charge is 2.54. The lowest BCUT2D eigenvalue weighted by Crippen LogP contribution is -2.43. The second-order valence-electron chi connectivity index (χ2n) is 6.33. The first-order valence-corrected chi connectivity index (χ1v) is 7.59. The lowest BCUT2D eigenvalue weighted by atomic mass is 9.72. The van der Waals surface area contributed by atoms with Crippen LogP contribution in [0, 0.1) is 12.3 Å². The molecule has 0 bridgehead atoms. The van der Waals surface area contributed by atoms with Gasteiger partial charge in [-0.3, -0.25) is 14.5 Å². The molecule has 1 aromatic heterocycles. The van der Waals surface area contributed by atoms with Crippen molar-refractivity contribution in [2.24, 2.45) is 11.1 Å². The Morgan fingerprint density at radius 2 is 2.10 bits per heavy atom. The molecule has 1 unspecified atom stereocenters. The topological polar surface area (TPSA) is 76.3 Å². The first kappa shape index (κ1) is 14.0. The van der Waals surface area contributed by atoms with Crippen molar-refractivity contribution in [3.05, 3.63) is 23.9 Å². The van der Waals surface area contributed by atoms with Crippen LogP contribution in [0.4, 0.5) is 5.82 Å². The number of amides is 2. The number of primary amides is 1. The van der Waals surface area contributed by atoms with Gasteiger partial charge in [-0.05, 0) is 43.9 Å². The molecule has 1 spiro atoms. The van der Waals surface area contributed by atoms with Gasteiger partial charge < -0.3 is 5.73 Å². The van der Waals surface area contributed by atoms with Crippen molar-refractivity contribution in [3.8, 4) is 0 Å². The third-order valence-electron chi connectivity index (χ3n) is 4.86. The Hall–Kier alpha value is -1.91. The second kappa shape index (κ2) is 5.13. The number of hydrogen-bond acceptors (Lipinski definition) is 3. The van der Waals surface area contributed by atoms with Gasteiger partial charge >= 0.3 is 0 Å². The number of aromatic nitrogens is 1. The number of aryl methyl sites for hydroxylation is 1. The summed E-state index contributed by atoms with van der Waals surface area (Å²) in [6.45, 7) is 1.95. The van der Waals surface area contributed by atoms with Gasteiger partial charge in [-0.1, -0.05) is 19.3 Å². The number of nitrogens with zero attached hydrogens (tertiary/aromatic N) is 2. The number of carbonyl (C=O) groups excluding carboxylic acids is 2. The van der Waals surface area contributed by atoms with E-state index in [0.29, 0.717) is 12.2 Å². The van der Waals surface area contributed by atoms with Crippen LogP contribution in [0.15, 0.2) is 18.3 Å². The first-order valence-electron chi connectivity index (χ1n) is 7.59. The quantitative estimate of drug-likeness (QED) is 0.903. The average molecular weight is 287 g/mol. The SMILES string of the molecule is Cc1ccnc(N2C(=O)C3(CCCCC3)CC2C(N)=O)c1. The standard InChI is InChI=1S/C16H21N3O2/c1-11-5-8-18-13(9-11)19-12(14(17)20)10-16(15(19)21)6-3-2-4-7-16/h5,8-9,12H,2-4,6-7,10H2,1H3,(H2,17,20). The molecule has 3 rings (SSSR count). The molecular weight excluding hydrogens is 266 g/mol. The van der Waals surface area contributed by atoms with Crippen LogP contribution in [-0.4, -0.2) is 22.8 Å². The molecule has 1 saturated carbocycles. The maximum Gasteiger partial charge on any atom is 0.240 e. The van der Waals surface area contributed by atoms with Crippen molar-refractivity contribution in [1.29, 1.82) is 0 Å². The lowest BCUT2D eigenvalue weighted by molar-refractivity contribution is -0.127. The highest BCUT2D eigenvalue weighted by molar-refractivity contribution is 6.06. The van der Waals surface area contributed by atoms with Crippen LogP contribution < -0.4 is 10.6 Å². The summed E-state index contributed by atoms with van der Waals surface area (Å²) in [5.41, 5.74) is 6.17. The molecule has 0 radical (unpaired) electrons. The van der Waals surface area contributed by atoms with Crippen molar-refractivity contribution in [3.63, 3.8) is 0 Å². The molecule has 21 heavy (non-hydrogen) atoms. The smallest absolute Gasteiger partial charge is 0.240 e. The van der Waals surface area contributed by atoms with Crippen LogP contribution in [0.1, 0.15) is 44.1 Å². The van der Waals surface area contributed by atoms with Crippen LogP contribution in [0.2, 0.25) is 0 Å². The molecule has 1 aliphatic carbocycles. The van der Waals surface area contributed by atoms with Crippen molar-refractivity contribution in [2.45, 2.75) is 51.5 Å². The fourth-order valence-corrected chi connectivity index (χ4v) is 3.74. The summed E-state index contributed by atoms with van der Waals surface area (Å²) in [6, 6.07) is 3.15. The van der Waals surface area contributed by atoms with Gasteiger partial charge in [0.25, 0.3) is 0 Å². The molecule has 2 fully saturated rings. The Balaban J connectivity index is 2.00. The van der Waals surface area contributed by atoms with Gasteiger partial charge in [0.05, 0.1) is 5.41 Å². The Labute approximate surface area is 124 Å². The van der Waals surface area contributed by atoms with E-state index in [4.69, 9.17) is 5.73 Å². The zero-order valence-electron chi connectivity index (χ0n) is 12.3. The minimum atomic E-state index is -0.565. The molecule has 2 amide bonds. The maximum absolute atomic E-state index is 13.0. The Kier molecular flexibility index (Phi) is 3.43. The predicted octanol–water partition coefficient (Wildman–Crippen LogP) is 1.93. The molecule has 2 heterocycles. The highest BCUT2D eigenvalue weighted by atomic mass is 16.2. The zero-order chi connectivity index (χ0) is 15.0. The van der Waals surface area contributed by atoms with Gasteiger partial charge in [0, 0.05) is 6.20 Å². The molecular formula is C16H21N3O2. The lowest BCUT2D eigenvalue weighted by Gasteiger charge is -2.31. The predicted molar refractivity (Wildman–Crippen MR) is 79.6 cm³/mol. The number of rotatable bonds is 2. The summed E-state index contributed by atoms with van der Waals surface area (Å²) in [4.78, 5) is 30.7. The molecule has 1 aromatic rings. The third kappa shape index (κ3) is 2.30. The Bertz CT molecular complexity index is 579. The van der Waals surface area contributed by atoms with E-state index in [1.807, 2.05) is 19.1 Å². The molecule has 0 aromatic carbocycles. The summed E-state index contributed by atoms with van der Waals surface area (Å²) in [5.74, 6) is 0.143. The largest absolute Gasteiger partial charge is 0.368 e. The minimum Gasteiger partial charge on any atom is -0.368 e. The van der Waals surface area contributed by atoms with Gasteiger partial charge in [-0.25, -0.2) is 4.98 Å². The summed E-state index contributed by atoms with van der Waals surface area (Å²) in [5, 5.41) is 0. The second-order valence-corrected chi connectivity index (χ2v) is 6.33. The van der Waals surface area contributed by atoms with Crippen LogP contribution in [0.25, 0.3) is 0 Å². The van der Waals surface area contributed by atoms with Crippen molar-refractivity contribution < 1.29 is 9.59 Å². The van der Waals surface area contributed by atoms with Crippen LogP contribution in [-0.2, 0) is 9.59 Å².